The minimum atomic E-state index is -0.737. The first-order chi connectivity index (χ1) is 7.23. The number of hydrogen-bond donors (Lipinski definition) is 1. The van der Waals surface area contributed by atoms with Crippen molar-refractivity contribution in [2.24, 2.45) is 5.41 Å². The van der Waals surface area contributed by atoms with Crippen LogP contribution in [0.1, 0.15) is 12.8 Å². The molecule has 0 spiro atoms. The molecule has 0 saturated carbocycles. The van der Waals surface area contributed by atoms with Crippen LogP contribution in [0, 0.1) is 5.41 Å². The van der Waals surface area contributed by atoms with E-state index in [0.29, 0.717) is 32.6 Å². The van der Waals surface area contributed by atoms with Gasteiger partial charge < -0.3 is 14.4 Å². The molecule has 5 heteroatoms. The number of rotatable bonds is 3. The monoisotopic (exact) mass is 210 g/mol. The Morgan fingerprint density at radius 3 is 2.80 bits per heavy atom. The minimum Gasteiger partial charge on any atom is -0.481 e. The first kappa shape index (κ1) is 10.2. The van der Waals surface area contributed by atoms with E-state index in [2.05, 4.69) is 4.98 Å². The summed E-state index contributed by atoms with van der Waals surface area (Å²) in [5.74, 6) is -0.737. The average molecular weight is 210 g/mol. The lowest BCUT2D eigenvalue weighted by Crippen LogP contribution is -2.40. The van der Waals surface area contributed by atoms with Crippen molar-refractivity contribution in [3.8, 4) is 0 Å². The summed E-state index contributed by atoms with van der Waals surface area (Å²) in [7, 11) is 0. The van der Waals surface area contributed by atoms with Crippen molar-refractivity contribution in [2.75, 3.05) is 13.2 Å². The molecule has 2 heterocycles. The van der Waals surface area contributed by atoms with Gasteiger partial charge in [-0.1, -0.05) is 0 Å². The van der Waals surface area contributed by atoms with Gasteiger partial charge >= 0.3 is 5.97 Å². The number of imidazole rings is 1. The molecule has 1 fully saturated rings. The predicted molar refractivity (Wildman–Crippen MR) is 52.3 cm³/mol. The Balaban J connectivity index is 2.15. The van der Waals surface area contributed by atoms with E-state index in [9.17, 15) is 9.90 Å². The highest BCUT2D eigenvalue weighted by Crippen LogP contribution is 2.32. The molecule has 2 rings (SSSR count). The topological polar surface area (TPSA) is 64.3 Å². The molecule has 0 atom stereocenters. The fourth-order valence-electron chi connectivity index (χ4n) is 1.93. The molecule has 1 N–H and O–H groups in total. The van der Waals surface area contributed by atoms with Gasteiger partial charge in [-0.25, -0.2) is 4.98 Å². The zero-order chi connectivity index (χ0) is 10.7. The highest BCUT2D eigenvalue weighted by Gasteiger charge is 2.40. The van der Waals surface area contributed by atoms with E-state index in [0.717, 1.165) is 0 Å². The Kier molecular flexibility index (Phi) is 2.73. The van der Waals surface area contributed by atoms with E-state index in [1.54, 1.807) is 18.7 Å². The number of nitrogens with zero attached hydrogens (tertiary/aromatic N) is 2. The molecular formula is C10H14N2O3. The van der Waals surface area contributed by atoms with Crippen LogP contribution in [0.15, 0.2) is 18.7 Å². The van der Waals surface area contributed by atoms with E-state index in [1.807, 2.05) is 4.57 Å². The third-order valence-electron chi connectivity index (χ3n) is 2.95. The van der Waals surface area contributed by atoms with Crippen molar-refractivity contribution in [1.29, 1.82) is 0 Å². The minimum absolute atomic E-state index is 0.478. The maximum atomic E-state index is 11.3. The molecule has 15 heavy (non-hydrogen) atoms. The summed E-state index contributed by atoms with van der Waals surface area (Å²) in [6, 6.07) is 0. The summed E-state index contributed by atoms with van der Waals surface area (Å²) >= 11 is 0. The maximum absolute atomic E-state index is 11.3. The summed E-state index contributed by atoms with van der Waals surface area (Å²) in [6.45, 7) is 1.54. The number of carbonyl (C=O) groups is 1. The van der Waals surface area contributed by atoms with Gasteiger partial charge in [-0.2, -0.15) is 0 Å². The molecule has 0 radical (unpaired) electrons. The Morgan fingerprint density at radius 2 is 2.27 bits per heavy atom. The third-order valence-corrected chi connectivity index (χ3v) is 2.95. The molecule has 0 unspecified atom stereocenters. The summed E-state index contributed by atoms with van der Waals surface area (Å²) < 4.78 is 7.02. The highest BCUT2D eigenvalue weighted by atomic mass is 16.5. The van der Waals surface area contributed by atoms with Crippen LogP contribution in [0.25, 0.3) is 0 Å². The summed E-state index contributed by atoms with van der Waals surface area (Å²) in [4.78, 5) is 15.2. The molecule has 0 aliphatic carbocycles. The summed E-state index contributed by atoms with van der Waals surface area (Å²) in [6.07, 6.45) is 6.25. The van der Waals surface area contributed by atoms with Gasteiger partial charge in [0.25, 0.3) is 0 Å². The molecule has 1 aliphatic rings. The van der Waals surface area contributed by atoms with Crippen molar-refractivity contribution >= 4 is 5.97 Å². The van der Waals surface area contributed by atoms with Gasteiger partial charge in [-0.3, -0.25) is 4.79 Å². The van der Waals surface area contributed by atoms with E-state index in [1.165, 1.54) is 0 Å². The van der Waals surface area contributed by atoms with Crippen molar-refractivity contribution in [2.45, 2.75) is 19.4 Å². The zero-order valence-corrected chi connectivity index (χ0v) is 8.43. The number of aromatic nitrogens is 2. The van der Waals surface area contributed by atoms with Crippen molar-refractivity contribution in [1.82, 2.24) is 9.55 Å². The molecule has 0 bridgehead atoms. The SMILES string of the molecule is O=C(O)C1(Cn2ccnc2)CCOCC1. The lowest BCUT2D eigenvalue weighted by Gasteiger charge is -2.33. The van der Waals surface area contributed by atoms with Crippen molar-refractivity contribution in [3.63, 3.8) is 0 Å². The van der Waals surface area contributed by atoms with E-state index in [-0.39, 0.29) is 0 Å². The largest absolute Gasteiger partial charge is 0.481 e. The Labute approximate surface area is 87.7 Å². The molecule has 1 saturated heterocycles. The quantitative estimate of drug-likeness (QED) is 0.800. The zero-order valence-electron chi connectivity index (χ0n) is 8.43. The van der Waals surface area contributed by atoms with Crippen molar-refractivity contribution < 1.29 is 14.6 Å². The van der Waals surface area contributed by atoms with E-state index < -0.39 is 11.4 Å². The van der Waals surface area contributed by atoms with Gasteiger partial charge in [0.15, 0.2) is 0 Å². The van der Waals surface area contributed by atoms with Crippen molar-refractivity contribution in [3.05, 3.63) is 18.7 Å². The Bertz CT molecular complexity index is 328. The standard InChI is InChI=1S/C10H14N2O3/c13-9(14)10(1-5-15-6-2-10)7-12-4-3-11-8-12/h3-4,8H,1-2,5-7H2,(H,13,14). The van der Waals surface area contributed by atoms with Gasteiger partial charge in [-0.05, 0) is 12.8 Å². The van der Waals surface area contributed by atoms with Gasteiger partial charge in [0.05, 0.1) is 11.7 Å². The normalized spacial score (nSPS) is 20.0. The number of carboxylic acids is 1. The van der Waals surface area contributed by atoms with Crippen LogP contribution in [0.3, 0.4) is 0 Å². The smallest absolute Gasteiger partial charge is 0.311 e. The number of carboxylic acid groups (broad SMARTS) is 1. The second-order valence-electron chi connectivity index (χ2n) is 3.93. The van der Waals surface area contributed by atoms with Crippen LogP contribution in [-0.2, 0) is 16.1 Å². The first-order valence-electron chi connectivity index (χ1n) is 5.00. The average Bonchev–Trinajstić information content (AvgIpc) is 2.71. The Morgan fingerprint density at radius 1 is 1.53 bits per heavy atom. The van der Waals surface area contributed by atoms with Crippen LogP contribution in [-0.4, -0.2) is 33.8 Å². The first-order valence-corrected chi connectivity index (χ1v) is 5.00. The lowest BCUT2D eigenvalue weighted by molar-refractivity contribution is -0.156. The number of hydrogen-bond acceptors (Lipinski definition) is 3. The number of ether oxygens (including phenoxy) is 1. The maximum Gasteiger partial charge on any atom is 0.311 e. The van der Waals surface area contributed by atoms with Crippen LogP contribution in [0.2, 0.25) is 0 Å². The van der Waals surface area contributed by atoms with Crippen LogP contribution < -0.4 is 0 Å². The third kappa shape index (κ3) is 2.02. The molecule has 1 aliphatic heterocycles. The van der Waals surface area contributed by atoms with Crippen LogP contribution >= 0.6 is 0 Å². The summed E-state index contributed by atoms with van der Waals surface area (Å²) in [5.41, 5.74) is -0.682. The van der Waals surface area contributed by atoms with Crippen LogP contribution in [0.5, 0.6) is 0 Å². The fraction of sp³-hybridized carbons (Fsp3) is 0.600. The molecule has 1 aromatic rings. The van der Waals surface area contributed by atoms with E-state index in [4.69, 9.17) is 4.74 Å². The van der Waals surface area contributed by atoms with Gasteiger partial charge in [-0.15, -0.1) is 0 Å². The predicted octanol–water partition coefficient (Wildman–Crippen LogP) is 0.765. The van der Waals surface area contributed by atoms with E-state index >= 15 is 0 Å². The fourth-order valence-corrected chi connectivity index (χ4v) is 1.93. The molecule has 82 valence electrons. The summed E-state index contributed by atoms with van der Waals surface area (Å²) in [5, 5.41) is 9.30. The highest BCUT2D eigenvalue weighted by molar-refractivity contribution is 5.74. The van der Waals surface area contributed by atoms with Gasteiger partial charge in [0.1, 0.15) is 0 Å². The second kappa shape index (κ2) is 4.02. The van der Waals surface area contributed by atoms with Gasteiger partial charge in [0, 0.05) is 32.2 Å². The molecule has 1 aromatic heterocycles. The van der Waals surface area contributed by atoms with Gasteiger partial charge in [0.2, 0.25) is 0 Å². The second-order valence-corrected chi connectivity index (χ2v) is 3.93. The number of aliphatic carboxylic acids is 1. The lowest BCUT2D eigenvalue weighted by atomic mass is 9.80. The molecule has 0 aromatic carbocycles. The Hall–Kier alpha value is -1.36. The molecular weight excluding hydrogens is 196 g/mol. The molecule has 5 nitrogen and oxygen atoms in total. The van der Waals surface area contributed by atoms with Crippen LogP contribution in [0.4, 0.5) is 0 Å². The molecule has 0 amide bonds.